The number of aliphatic hydroxyl groups excluding tert-OH is 1. The van der Waals surface area contributed by atoms with Crippen LogP contribution in [0.3, 0.4) is 0 Å². The Morgan fingerprint density at radius 2 is 1.45 bits per heavy atom. The molecule has 3 rings (SSSR count). The van der Waals surface area contributed by atoms with Gasteiger partial charge in [-0.05, 0) is 44.2 Å². The number of carbonyl (C=O) groups excluding carboxylic acids is 1. The van der Waals surface area contributed by atoms with Crippen LogP contribution >= 0.6 is 0 Å². The predicted octanol–water partition coefficient (Wildman–Crippen LogP) is 6.12. The Hall–Kier alpha value is -2.17. The van der Waals surface area contributed by atoms with Gasteiger partial charge in [0.15, 0.2) is 0 Å². The molecule has 1 aliphatic carbocycles. The minimum absolute atomic E-state index is 0.0226. The molecular weight excluding hydrogens is 410 g/mol. The standard InChI is InChI=1S/C29H41NO3/c1-29(2,3)33-28(32)20-27(31)26(19-23-13-7-4-8-14-23)30(21-24-15-9-5-10-16-24)22-25-17-11-6-12-18-25/h5-6,9-12,15-18,23,26-27,31H,4,7-8,13-14,19-22H2,1-3H3/t26-,27-/m1/s1. The van der Waals surface area contributed by atoms with Crippen molar-refractivity contribution in [2.45, 2.75) is 96.6 Å². The Morgan fingerprint density at radius 3 is 1.94 bits per heavy atom. The zero-order valence-electron chi connectivity index (χ0n) is 20.6. The average Bonchev–Trinajstić information content (AvgIpc) is 2.78. The van der Waals surface area contributed by atoms with Gasteiger partial charge in [0.1, 0.15) is 5.60 Å². The quantitative estimate of drug-likeness (QED) is 0.442. The Balaban J connectivity index is 1.84. The number of esters is 1. The Morgan fingerprint density at radius 1 is 0.939 bits per heavy atom. The van der Waals surface area contributed by atoms with Crippen LogP contribution in [0.15, 0.2) is 60.7 Å². The molecule has 180 valence electrons. The first kappa shape index (κ1) is 25.5. The summed E-state index contributed by atoms with van der Waals surface area (Å²) in [5, 5.41) is 11.4. The highest BCUT2D eigenvalue weighted by Gasteiger charge is 2.32. The molecule has 1 fully saturated rings. The first-order valence-corrected chi connectivity index (χ1v) is 12.5. The molecule has 33 heavy (non-hydrogen) atoms. The second-order valence-corrected chi connectivity index (χ2v) is 10.5. The summed E-state index contributed by atoms with van der Waals surface area (Å²) < 4.78 is 5.55. The van der Waals surface area contributed by atoms with E-state index in [1.165, 1.54) is 43.2 Å². The molecular formula is C29H41NO3. The van der Waals surface area contributed by atoms with Gasteiger partial charge < -0.3 is 9.84 Å². The molecule has 1 aliphatic rings. The topological polar surface area (TPSA) is 49.8 Å². The maximum atomic E-state index is 12.6. The highest BCUT2D eigenvalue weighted by molar-refractivity contribution is 5.70. The number of ether oxygens (including phenoxy) is 1. The summed E-state index contributed by atoms with van der Waals surface area (Å²) in [4.78, 5) is 15.0. The van der Waals surface area contributed by atoms with Crippen LogP contribution in [0.2, 0.25) is 0 Å². The van der Waals surface area contributed by atoms with E-state index in [-0.39, 0.29) is 18.4 Å². The Bertz CT molecular complexity index is 783. The van der Waals surface area contributed by atoms with Gasteiger partial charge in [-0.2, -0.15) is 0 Å². The third-order valence-corrected chi connectivity index (χ3v) is 6.47. The first-order valence-electron chi connectivity index (χ1n) is 12.5. The van der Waals surface area contributed by atoms with Crippen LogP contribution in [0.5, 0.6) is 0 Å². The largest absolute Gasteiger partial charge is 0.460 e. The van der Waals surface area contributed by atoms with E-state index in [0.29, 0.717) is 5.92 Å². The maximum Gasteiger partial charge on any atom is 0.308 e. The van der Waals surface area contributed by atoms with E-state index >= 15 is 0 Å². The van der Waals surface area contributed by atoms with E-state index in [9.17, 15) is 9.90 Å². The lowest BCUT2D eigenvalue weighted by molar-refractivity contribution is -0.158. The summed E-state index contributed by atoms with van der Waals surface area (Å²) >= 11 is 0. The molecule has 2 aromatic carbocycles. The van der Waals surface area contributed by atoms with E-state index < -0.39 is 11.7 Å². The van der Waals surface area contributed by atoms with Crippen LogP contribution in [0.1, 0.15) is 76.8 Å². The molecule has 0 radical (unpaired) electrons. The molecule has 0 aromatic heterocycles. The van der Waals surface area contributed by atoms with Crippen molar-refractivity contribution >= 4 is 5.97 Å². The van der Waals surface area contributed by atoms with Gasteiger partial charge in [0.05, 0.1) is 12.5 Å². The Labute approximate surface area is 200 Å². The fourth-order valence-electron chi connectivity index (χ4n) is 4.93. The second kappa shape index (κ2) is 12.3. The smallest absolute Gasteiger partial charge is 0.308 e. The molecule has 0 spiro atoms. The Kier molecular flexibility index (Phi) is 9.52. The fourth-order valence-corrected chi connectivity index (χ4v) is 4.93. The molecule has 0 bridgehead atoms. The third kappa shape index (κ3) is 8.94. The number of benzene rings is 2. The molecule has 0 saturated heterocycles. The lowest BCUT2D eigenvalue weighted by Gasteiger charge is -2.38. The second-order valence-electron chi connectivity index (χ2n) is 10.5. The molecule has 4 nitrogen and oxygen atoms in total. The van der Waals surface area contributed by atoms with Gasteiger partial charge in [0.25, 0.3) is 0 Å². The summed E-state index contributed by atoms with van der Waals surface area (Å²) in [6.45, 7) is 7.08. The molecule has 1 saturated carbocycles. The highest BCUT2D eigenvalue weighted by atomic mass is 16.6. The minimum Gasteiger partial charge on any atom is -0.460 e. The summed E-state index contributed by atoms with van der Waals surface area (Å²) in [6, 6.07) is 20.7. The van der Waals surface area contributed by atoms with Crippen LogP contribution in [-0.2, 0) is 22.6 Å². The van der Waals surface area contributed by atoms with Crippen LogP contribution in [0, 0.1) is 5.92 Å². The zero-order chi connectivity index (χ0) is 23.7. The molecule has 2 atom stereocenters. The summed E-state index contributed by atoms with van der Waals surface area (Å²) in [7, 11) is 0. The predicted molar refractivity (Wildman–Crippen MR) is 134 cm³/mol. The van der Waals surface area contributed by atoms with E-state index in [1.807, 2.05) is 32.9 Å². The number of rotatable bonds is 10. The van der Waals surface area contributed by atoms with Crippen molar-refractivity contribution in [2.24, 2.45) is 5.92 Å². The molecule has 4 heteroatoms. The number of hydrogen-bond acceptors (Lipinski definition) is 4. The van der Waals surface area contributed by atoms with Crippen LogP contribution in [0.25, 0.3) is 0 Å². The fraction of sp³-hybridized carbons (Fsp3) is 0.552. The molecule has 0 aliphatic heterocycles. The first-order chi connectivity index (χ1) is 15.8. The van der Waals surface area contributed by atoms with Crippen LogP contribution < -0.4 is 0 Å². The van der Waals surface area contributed by atoms with Crippen LogP contribution in [0.4, 0.5) is 0 Å². The number of hydrogen-bond donors (Lipinski definition) is 1. The van der Waals surface area contributed by atoms with Crippen molar-refractivity contribution in [2.75, 3.05) is 0 Å². The molecule has 0 heterocycles. The van der Waals surface area contributed by atoms with Gasteiger partial charge in [0, 0.05) is 19.1 Å². The zero-order valence-corrected chi connectivity index (χ0v) is 20.6. The monoisotopic (exact) mass is 451 g/mol. The molecule has 0 amide bonds. The summed E-state index contributed by atoms with van der Waals surface area (Å²) in [5.41, 5.74) is 1.88. The van der Waals surface area contributed by atoms with Crippen molar-refractivity contribution in [3.05, 3.63) is 71.8 Å². The molecule has 1 N–H and O–H groups in total. The lowest BCUT2D eigenvalue weighted by Crippen LogP contribution is -2.45. The lowest BCUT2D eigenvalue weighted by atomic mass is 9.82. The van der Waals surface area contributed by atoms with E-state index in [0.717, 1.165) is 19.5 Å². The summed E-state index contributed by atoms with van der Waals surface area (Å²) in [6.07, 6.45) is 6.40. The van der Waals surface area contributed by atoms with Crippen molar-refractivity contribution < 1.29 is 14.6 Å². The van der Waals surface area contributed by atoms with Crippen molar-refractivity contribution in [1.29, 1.82) is 0 Å². The van der Waals surface area contributed by atoms with E-state index in [1.54, 1.807) is 0 Å². The van der Waals surface area contributed by atoms with Crippen LogP contribution in [-0.4, -0.2) is 33.7 Å². The van der Waals surface area contributed by atoms with Gasteiger partial charge in [-0.3, -0.25) is 9.69 Å². The van der Waals surface area contributed by atoms with Crippen molar-refractivity contribution in [3.63, 3.8) is 0 Å². The van der Waals surface area contributed by atoms with Crippen molar-refractivity contribution in [1.82, 2.24) is 4.90 Å². The molecule has 0 unspecified atom stereocenters. The number of carbonyl (C=O) groups is 1. The van der Waals surface area contributed by atoms with Gasteiger partial charge in [-0.25, -0.2) is 0 Å². The van der Waals surface area contributed by atoms with Gasteiger partial charge in [0.2, 0.25) is 0 Å². The third-order valence-electron chi connectivity index (χ3n) is 6.47. The molecule has 2 aromatic rings. The van der Waals surface area contributed by atoms with Gasteiger partial charge in [-0.15, -0.1) is 0 Å². The van der Waals surface area contributed by atoms with Gasteiger partial charge >= 0.3 is 5.97 Å². The number of nitrogens with zero attached hydrogens (tertiary/aromatic N) is 1. The summed E-state index contributed by atoms with van der Waals surface area (Å²) in [5.74, 6) is 0.258. The van der Waals surface area contributed by atoms with Gasteiger partial charge in [-0.1, -0.05) is 92.8 Å². The average molecular weight is 452 g/mol. The minimum atomic E-state index is -0.769. The van der Waals surface area contributed by atoms with E-state index in [4.69, 9.17) is 4.74 Å². The normalized spacial score (nSPS) is 17.0. The van der Waals surface area contributed by atoms with Crippen molar-refractivity contribution in [3.8, 4) is 0 Å². The van der Waals surface area contributed by atoms with E-state index in [2.05, 4.69) is 53.4 Å². The SMILES string of the molecule is CC(C)(C)OC(=O)C[C@@H](O)[C@@H](CC1CCCCC1)N(Cc1ccccc1)Cc1ccccc1. The number of aliphatic hydroxyl groups is 1. The maximum absolute atomic E-state index is 12.6. The highest BCUT2D eigenvalue weighted by Crippen LogP contribution is 2.31.